The number of hydrogen-bond acceptors (Lipinski definition) is 2. The number of halogens is 4. The Bertz CT molecular complexity index is 792. The number of aryl methyl sites for hydroxylation is 1. The van der Waals surface area contributed by atoms with E-state index < -0.39 is 11.7 Å². The second-order valence-electron chi connectivity index (χ2n) is 4.20. The number of pyridine rings is 1. The van der Waals surface area contributed by atoms with Gasteiger partial charge >= 0.3 is 6.18 Å². The summed E-state index contributed by atoms with van der Waals surface area (Å²) in [6.07, 6.45) is -2.76. The first kappa shape index (κ1) is 12.2. The van der Waals surface area contributed by atoms with Crippen LogP contribution in [0.1, 0.15) is 5.56 Å². The lowest BCUT2D eigenvalue weighted by molar-refractivity contribution is -0.137. The zero-order chi connectivity index (χ0) is 13.8. The predicted octanol–water partition coefficient (Wildman–Crippen LogP) is 3.79. The van der Waals surface area contributed by atoms with E-state index in [0.717, 1.165) is 12.1 Å². The van der Waals surface area contributed by atoms with Crippen LogP contribution in [0.25, 0.3) is 21.8 Å². The van der Waals surface area contributed by atoms with Crippen molar-refractivity contribution >= 4 is 33.4 Å². The third-order valence-corrected chi connectivity index (χ3v) is 3.12. The summed E-state index contributed by atoms with van der Waals surface area (Å²) in [6.45, 7) is 0. The van der Waals surface area contributed by atoms with Crippen LogP contribution in [0.3, 0.4) is 0 Å². The normalized spacial score (nSPS) is 12.5. The molecule has 0 amide bonds. The van der Waals surface area contributed by atoms with Crippen LogP contribution in [0.2, 0.25) is 5.15 Å². The van der Waals surface area contributed by atoms with Crippen molar-refractivity contribution in [3.63, 3.8) is 0 Å². The second kappa shape index (κ2) is 3.84. The Morgan fingerprint density at radius 2 is 1.95 bits per heavy atom. The minimum absolute atomic E-state index is 0.183. The lowest BCUT2D eigenvalue weighted by Gasteiger charge is -2.08. The van der Waals surface area contributed by atoms with Crippen molar-refractivity contribution in [3.05, 3.63) is 35.1 Å². The summed E-state index contributed by atoms with van der Waals surface area (Å²) < 4.78 is 39.7. The topological polar surface area (TPSA) is 30.7 Å². The largest absolute Gasteiger partial charge is 0.416 e. The van der Waals surface area contributed by atoms with Gasteiger partial charge < -0.3 is 0 Å². The molecule has 2 aromatic heterocycles. The molecule has 7 heteroatoms. The highest BCUT2D eigenvalue weighted by Gasteiger charge is 2.30. The molecule has 0 N–H and O–H groups in total. The fourth-order valence-electron chi connectivity index (χ4n) is 2.02. The van der Waals surface area contributed by atoms with Crippen molar-refractivity contribution in [2.24, 2.45) is 7.05 Å². The molecule has 0 spiro atoms. The first-order valence-corrected chi connectivity index (χ1v) is 5.74. The molecule has 0 radical (unpaired) electrons. The molecule has 0 atom stereocenters. The Labute approximate surface area is 110 Å². The Morgan fingerprint density at radius 1 is 1.21 bits per heavy atom. The lowest BCUT2D eigenvalue weighted by Crippen LogP contribution is -2.04. The smallest absolute Gasteiger partial charge is 0.274 e. The van der Waals surface area contributed by atoms with E-state index in [0.29, 0.717) is 21.8 Å². The SMILES string of the molecule is Cn1cc2c(n1)c(Cl)nc1ccc(C(F)(F)F)cc12. The Morgan fingerprint density at radius 3 is 2.63 bits per heavy atom. The van der Waals surface area contributed by atoms with E-state index in [4.69, 9.17) is 11.6 Å². The van der Waals surface area contributed by atoms with Crippen LogP contribution in [0.15, 0.2) is 24.4 Å². The number of benzene rings is 1. The van der Waals surface area contributed by atoms with Crippen molar-refractivity contribution in [2.75, 3.05) is 0 Å². The standard InChI is InChI=1S/C12H7ClF3N3/c1-19-5-8-7-4-6(12(14,15)16)2-3-9(7)17-11(13)10(8)18-19/h2-5H,1H3. The number of alkyl halides is 3. The average molecular weight is 286 g/mol. The lowest BCUT2D eigenvalue weighted by atomic mass is 10.1. The summed E-state index contributed by atoms with van der Waals surface area (Å²) in [4.78, 5) is 4.06. The average Bonchev–Trinajstić information content (AvgIpc) is 2.70. The van der Waals surface area contributed by atoms with Crippen molar-refractivity contribution < 1.29 is 13.2 Å². The molecule has 0 saturated heterocycles. The predicted molar refractivity (Wildman–Crippen MR) is 66.0 cm³/mol. The first-order valence-electron chi connectivity index (χ1n) is 5.36. The van der Waals surface area contributed by atoms with E-state index in [1.807, 2.05) is 0 Å². The molecule has 0 aliphatic carbocycles. The summed E-state index contributed by atoms with van der Waals surface area (Å²) in [7, 11) is 1.68. The van der Waals surface area contributed by atoms with Crippen LogP contribution in [-0.4, -0.2) is 14.8 Å². The molecule has 1 aromatic carbocycles. The van der Waals surface area contributed by atoms with E-state index in [-0.39, 0.29) is 5.15 Å². The third kappa shape index (κ3) is 1.92. The molecule has 0 saturated carbocycles. The summed E-state index contributed by atoms with van der Waals surface area (Å²) in [5.41, 5.74) is 0.101. The zero-order valence-corrected chi connectivity index (χ0v) is 10.4. The van der Waals surface area contributed by atoms with Gasteiger partial charge in [0, 0.05) is 24.0 Å². The summed E-state index contributed by atoms with van der Waals surface area (Å²) in [6, 6.07) is 3.38. The Hall–Kier alpha value is -1.82. The highest BCUT2D eigenvalue weighted by molar-refractivity contribution is 6.35. The van der Waals surface area contributed by atoms with E-state index in [2.05, 4.69) is 10.1 Å². The molecule has 2 heterocycles. The van der Waals surface area contributed by atoms with E-state index >= 15 is 0 Å². The number of fused-ring (bicyclic) bond motifs is 3. The molecular weight excluding hydrogens is 279 g/mol. The van der Waals surface area contributed by atoms with Crippen molar-refractivity contribution in [3.8, 4) is 0 Å². The summed E-state index contributed by atoms with van der Waals surface area (Å²) in [5, 5.41) is 5.23. The Kier molecular flexibility index (Phi) is 2.47. The molecule has 19 heavy (non-hydrogen) atoms. The summed E-state index contributed by atoms with van der Waals surface area (Å²) in [5.74, 6) is 0. The minimum Gasteiger partial charge on any atom is -0.274 e. The van der Waals surface area contributed by atoms with Crippen LogP contribution in [0.5, 0.6) is 0 Å². The van der Waals surface area contributed by atoms with Crippen molar-refractivity contribution in [2.45, 2.75) is 6.18 Å². The van der Waals surface area contributed by atoms with Gasteiger partial charge in [-0.05, 0) is 18.2 Å². The molecule has 0 unspecified atom stereocenters. The van der Waals surface area contributed by atoms with E-state index in [1.165, 1.54) is 10.7 Å². The van der Waals surface area contributed by atoms with Gasteiger partial charge in [0.25, 0.3) is 0 Å². The minimum atomic E-state index is -4.39. The van der Waals surface area contributed by atoms with Gasteiger partial charge in [0.2, 0.25) is 0 Å². The van der Waals surface area contributed by atoms with Gasteiger partial charge in [0.1, 0.15) is 5.52 Å². The maximum Gasteiger partial charge on any atom is 0.416 e. The van der Waals surface area contributed by atoms with Gasteiger partial charge in [-0.1, -0.05) is 11.6 Å². The molecule has 3 rings (SSSR count). The summed E-state index contributed by atoms with van der Waals surface area (Å²) >= 11 is 5.97. The highest BCUT2D eigenvalue weighted by Crippen LogP contribution is 2.34. The van der Waals surface area contributed by atoms with Crippen molar-refractivity contribution in [1.29, 1.82) is 0 Å². The van der Waals surface area contributed by atoms with Crippen LogP contribution >= 0.6 is 11.6 Å². The van der Waals surface area contributed by atoms with Crippen LogP contribution < -0.4 is 0 Å². The van der Waals surface area contributed by atoms with Crippen LogP contribution in [0, 0.1) is 0 Å². The quantitative estimate of drug-likeness (QED) is 0.588. The molecule has 0 fully saturated rings. The number of nitrogens with zero attached hydrogens (tertiary/aromatic N) is 3. The monoisotopic (exact) mass is 285 g/mol. The number of rotatable bonds is 0. The number of hydrogen-bond donors (Lipinski definition) is 0. The zero-order valence-electron chi connectivity index (χ0n) is 9.66. The molecule has 3 aromatic rings. The third-order valence-electron chi connectivity index (χ3n) is 2.86. The van der Waals surface area contributed by atoms with Gasteiger partial charge in [0.15, 0.2) is 5.15 Å². The van der Waals surface area contributed by atoms with Gasteiger partial charge in [-0.3, -0.25) is 4.68 Å². The van der Waals surface area contributed by atoms with Gasteiger partial charge in [-0.15, -0.1) is 0 Å². The first-order chi connectivity index (χ1) is 8.86. The fourth-order valence-corrected chi connectivity index (χ4v) is 2.25. The molecule has 3 nitrogen and oxygen atoms in total. The van der Waals surface area contributed by atoms with Gasteiger partial charge in [-0.2, -0.15) is 18.3 Å². The molecular formula is C12H7ClF3N3. The van der Waals surface area contributed by atoms with E-state index in [9.17, 15) is 13.2 Å². The van der Waals surface area contributed by atoms with Crippen LogP contribution in [0.4, 0.5) is 13.2 Å². The second-order valence-corrected chi connectivity index (χ2v) is 4.56. The molecule has 0 aliphatic heterocycles. The van der Waals surface area contributed by atoms with Gasteiger partial charge in [0.05, 0.1) is 11.1 Å². The molecule has 0 bridgehead atoms. The fraction of sp³-hybridized carbons (Fsp3) is 0.167. The number of aromatic nitrogens is 3. The van der Waals surface area contributed by atoms with E-state index in [1.54, 1.807) is 13.2 Å². The van der Waals surface area contributed by atoms with Crippen LogP contribution in [-0.2, 0) is 13.2 Å². The van der Waals surface area contributed by atoms with Crippen molar-refractivity contribution in [1.82, 2.24) is 14.8 Å². The molecule has 0 aliphatic rings. The Balaban J connectivity index is 2.44. The maximum atomic E-state index is 12.7. The highest BCUT2D eigenvalue weighted by atomic mass is 35.5. The van der Waals surface area contributed by atoms with Gasteiger partial charge in [-0.25, -0.2) is 4.98 Å². The maximum absolute atomic E-state index is 12.7. The molecule has 98 valence electrons.